The summed E-state index contributed by atoms with van der Waals surface area (Å²) >= 11 is 1.02. The van der Waals surface area contributed by atoms with Gasteiger partial charge in [0.25, 0.3) is 0 Å². The van der Waals surface area contributed by atoms with Gasteiger partial charge in [0.1, 0.15) is 0 Å². The van der Waals surface area contributed by atoms with E-state index < -0.39 is 0 Å². The first-order valence-electron chi connectivity index (χ1n) is 13.9. The Bertz CT molecular complexity index is 1680. The van der Waals surface area contributed by atoms with Gasteiger partial charge >= 0.3 is 246 Å². The van der Waals surface area contributed by atoms with E-state index in [1.807, 2.05) is 0 Å². The molecule has 0 bridgehead atoms. The molecule has 3 aromatic carbocycles. The number of hydrogen-bond acceptors (Lipinski definition) is 0. The number of benzene rings is 3. The Morgan fingerprint density at radius 3 is 1.98 bits per heavy atom. The van der Waals surface area contributed by atoms with Crippen LogP contribution in [-0.2, 0) is 35.2 Å². The summed E-state index contributed by atoms with van der Waals surface area (Å²) in [7, 11) is 0. The molecule has 0 saturated carbocycles. The molecule has 3 aromatic rings. The van der Waals surface area contributed by atoms with Crippen LogP contribution in [0.4, 0.5) is 0 Å². The normalized spacial score (nSPS) is 14.2. The molecule has 0 amide bonds. The molecule has 0 nitrogen and oxygen atoms in total. The van der Waals surface area contributed by atoms with Crippen LogP contribution in [0.15, 0.2) is 54.6 Å². The average molecular weight is 735 g/mol. The molecule has 0 saturated heterocycles. The largest absolute Gasteiger partial charge is 1.00 e. The van der Waals surface area contributed by atoms with Crippen molar-refractivity contribution in [3.05, 3.63) is 104 Å². The van der Waals surface area contributed by atoms with Crippen LogP contribution in [-0.4, -0.2) is 0 Å². The first kappa shape index (κ1) is 32.8. The molecule has 0 heterocycles. The van der Waals surface area contributed by atoms with Crippen LogP contribution < -0.4 is 35.3 Å². The molecule has 0 unspecified atom stereocenters. The summed E-state index contributed by atoms with van der Waals surface area (Å²) in [4.78, 5) is 0. The van der Waals surface area contributed by atoms with Crippen LogP contribution in [0.25, 0.3) is 31.2 Å². The van der Waals surface area contributed by atoms with Crippen LogP contribution in [0.5, 0.6) is 0 Å². The zero-order chi connectivity index (χ0) is 27.7. The molecule has 0 fully saturated rings. The predicted molar refractivity (Wildman–Crippen MR) is 162 cm³/mol. The third-order valence-electron chi connectivity index (χ3n) is 8.22. The first-order chi connectivity index (χ1) is 17.7. The van der Waals surface area contributed by atoms with Gasteiger partial charge in [-0.15, -0.1) is 0 Å². The monoisotopic (exact) mass is 735 g/mol. The molecule has 5 rings (SSSR count). The number of rotatable bonds is 2. The Hall–Kier alpha value is -1.67. The minimum Gasteiger partial charge on any atom is -1.00 e. The van der Waals surface area contributed by atoms with Crippen molar-refractivity contribution in [1.29, 1.82) is 0 Å². The van der Waals surface area contributed by atoms with Crippen LogP contribution in [0.3, 0.4) is 0 Å². The van der Waals surface area contributed by atoms with E-state index in [1.54, 1.807) is 3.33 Å². The summed E-state index contributed by atoms with van der Waals surface area (Å²) in [6.07, 6.45) is 5.75. The maximum Gasteiger partial charge on any atom is -1.00 e. The van der Waals surface area contributed by atoms with Gasteiger partial charge < -0.3 is 24.8 Å². The van der Waals surface area contributed by atoms with Crippen LogP contribution in [0, 0.1) is 13.8 Å². The smallest absolute Gasteiger partial charge is 1.00 e. The number of aryl methyl sites for hydroxylation is 2. The van der Waals surface area contributed by atoms with E-state index in [9.17, 15) is 0 Å². The summed E-state index contributed by atoms with van der Waals surface area (Å²) in [6.45, 7) is 23.2. The van der Waals surface area contributed by atoms with Gasteiger partial charge in [-0.05, 0) is 0 Å². The Morgan fingerprint density at radius 2 is 1.40 bits per heavy atom. The fourth-order valence-corrected chi connectivity index (χ4v) is 8.00. The molecule has 2 aliphatic rings. The average Bonchev–Trinajstić information content (AvgIpc) is 3.40. The van der Waals surface area contributed by atoms with E-state index in [-0.39, 0.29) is 35.6 Å². The molecule has 0 atom stereocenters. The molecule has 2 aliphatic carbocycles. The van der Waals surface area contributed by atoms with Crippen molar-refractivity contribution in [1.82, 2.24) is 0 Å². The Kier molecular flexibility index (Phi) is 9.48. The van der Waals surface area contributed by atoms with Crippen molar-refractivity contribution in [2.45, 2.75) is 86.5 Å². The van der Waals surface area contributed by atoms with E-state index in [2.05, 4.69) is 124 Å². The molecule has 0 radical (unpaired) electrons. The molecule has 0 aliphatic heterocycles. The van der Waals surface area contributed by atoms with Crippen molar-refractivity contribution in [2.75, 3.05) is 0 Å². The van der Waals surface area contributed by atoms with Gasteiger partial charge in [0.15, 0.2) is 0 Å². The van der Waals surface area contributed by atoms with Crippen molar-refractivity contribution < 1.29 is 49.2 Å². The van der Waals surface area contributed by atoms with Gasteiger partial charge in [0, 0.05) is 0 Å². The second-order valence-corrected chi connectivity index (χ2v) is 15.3. The van der Waals surface area contributed by atoms with E-state index >= 15 is 0 Å². The Labute approximate surface area is 269 Å². The third kappa shape index (κ3) is 5.56. The van der Waals surface area contributed by atoms with Crippen LogP contribution in [0.1, 0.15) is 101 Å². The minimum absolute atomic E-state index is 0. The fourth-order valence-electron chi connectivity index (χ4n) is 6.33. The summed E-state index contributed by atoms with van der Waals surface area (Å²) < 4.78 is 1.56. The van der Waals surface area contributed by atoms with Crippen molar-refractivity contribution in [3.63, 3.8) is 0 Å². The van der Waals surface area contributed by atoms with Gasteiger partial charge in [-0.25, -0.2) is 0 Å². The van der Waals surface area contributed by atoms with Crippen LogP contribution in [0.2, 0.25) is 0 Å². The molecule has 207 valence electrons. The van der Waals surface area contributed by atoms with Gasteiger partial charge in [-0.3, -0.25) is 0 Å². The first-order valence-corrected chi connectivity index (χ1v) is 15.7. The number of allylic oxidation sites excluding steroid dienone is 4. The quantitative estimate of drug-likeness (QED) is 0.356. The van der Waals surface area contributed by atoms with E-state index in [4.69, 9.17) is 0 Å². The summed E-state index contributed by atoms with van der Waals surface area (Å²) in [6, 6.07) is 16.7. The zero-order valence-electron chi connectivity index (χ0n) is 25.7. The predicted octanol–water partition coefficient (Wildman–Crippen LogP) is 2.65. The maximum atomic E-state index is 2.52. The van der Waals surface area contributed by atoms with E-state index in [0.29, 0.717) is 0 Å². The summed E-state index contributed by atoms with van der Waals surface area (Å²) in [5, 5.41) is 2.93. The van der Waals surface area contributed by atoms with E-state index in [0.717, 1.165) is 30.8 Å². The van der Waals surface area contributed by atoms with Crippen LogP contribution >= 0.6 is 0 Å². The van der Waals surface area contributed by atoms with Gasteiger partial charge in [0.2, 0.25) is 0 Å². The Morgan fingerprint density at radius 1 is 0.750 bits per heavy atom. The maximum absolute atomic E-state index is 2.52. The standard InChI is InChI=1S/C37H41.2ClH.Hf/c1-22(2)31-21-32-28-17-15-26(36(5,6)7)19-25(28)20-33(32)34(35(31)37(8,9)10)30-13-11-12-29(30)27-16-14-23(3)18-24(27)4;;;/h11-12,14-19,21H,13H2,1-10H3;2*1H;/q;;;+2/p-2. The molecule has 0 spiro atoms. The van der Waals surface area contributed by atoms with Crippen molar-refractivity contribution in [3.8, 4) is 11.1 Å². The second kappa shape index (κ2) is 11.5. The van der Waals surface area contributed by atoms with E-state index in [1.165, 1.54) is 77.2 Å². The molecule has 0 aromatic heterocycles. The van der Waals surface area contributed by atoms with Crippen molar-refractivity contribution in [2.24, 2.45) is 0 Å². The number of halogens is 2. The number of fused-ring (bicyclic) bond motifs is 3. The van der Waals surface area contributed by atoms with Gasteiger partial charge in [-0.2, -0.15) is 0 Å². The van der Waals surface area contributed by atoms with Gasteiger partial charge in [-0.1, -0.05) is 0 Å². The van der Waals surface area contributed by atoms with Gasteiger partial charge in [0.05, 0.1) is 0 Å². The molecular formula is C37H41Cl2Hf. The molecule has 3 heteroatoms. The fraction of sp³-hybridized carbons (Fsp3) is 0.351. The summed E-state index contributed by atoms with van der Waals surface area (Å²) in [5.74, 6) is 0. The third-order valence-corrected chi connectivity index (χ3v) is 10.1. The topological polar surface area (TPSA) is 0 Å². The Balaban J connectivity index is 0.00000220. The second-order valence-electron chi connectivity index (χ2n) is 13.5. The zero-order valence-corrected chi connectivity index (χ0v) is 30.8. The molecule has 0 N–H and O–H groups in total. The number of hydrogen-bond donors (Lipinski definition) is 0. The molecular weight excluding hydrogens is 694 g/mol. The minimum atomic E-state index is 0. The molecule has 40 heavy (non-hydrogen) atoms. The van der Waals surface area contributed by atoms with Crippen molar-refractivity contribution >= 4 is 20.0 Å². The SMILES string of the molecule is CC(C)=c1cc2c(c(C3=C(c4ccc(C)cc4C)C=CC3)c1C(C)(C)C)=[C]([Hf+2])c1cc(C(C)(C)C)ccc1-2.[Cl-].[Cl-]. The summed E-state index contributed by atoms with van der Waals surface area (Å²) in [5.41, 5.74) is 17.3.